The lowest BCUT2D eigenvalue weighted by Crippen LogP contribution is -2.39. The number of hydrogen-bond acceptors (Lipinski definition) is 5. The Morgan fingerprint density at radius 1 is 1.17 bits per heavy atom. The summed E-state index contributed by atoms with van der Waals surface area (Å²) < 4.78 is 2.37. The lowest BCUT2D eigenvalue weighted by molar-refractivity contribution is 0.206. The van der Waals surface area contributed by atoms with E-state index in [1.165, 1.54) is 18.5 Å². The summed E-state index contributed by atoms with van der Waals surface area (Å²) in [6.07, 6.45) is 10.6. The SMILES string of the molecule is Cc1cc(NC2CCN(Cc3cncn3C3CC3)CC2)ncn1. The van der Waals surface area contributed by atoms with Crippen LogP contribution in [0.4, 0.5) is 5.82 Å². The molecular weight excluding hydrogens is 288 g/mol. The van der Waals surface area contributed by atoms with Crippen molar-refractivity contribution in [1.82, 2.24) is 24.4 Å². The van der Waals surface area contributed by atoms with Gasteiger partial charge in [-0.1, -0.05) is 0 Å². The second kappa shape index (κ2) is 6.28. The zero-order valence-corrected chi connectivity index (χ0v) is 13.6. The zero-order valence-electron chi connectivity index (χ0n) is 13.6. The molecule has 0 radical (unpaired) electrons. The Bertz CT molecular complexity index is 655. The zero-order chi connectivity index (χ0) is 15.6. The third-order valence-corrected chi connectivity index (χ3v) is 4.82. The average molecular weight is 312 g/mol. The van der Waals surface area contributed by atoms with Crippen molar-refractivity contribution in [1.29, 1.82) is 0 Å². The molecule has 1 saturated carbocycles. The Kier molecular flexibility index (Phi) is 3.99. The quantitative estimate of drug-likeness (QED) is 0.918. The summed E-state index contributed by atoms with van der Waals surface area (Å²) in [5, 5.41) is 3.55. The van der Waals surface area contributed by atoms with Gasteiger partial charge in [0.05, 0.1) is 12.0 Å². The van der Waals surface area contributed by atoms with Crippen LogP contribution in [0.25, 0.3) is 0 Å². The maximum absolute atomic E-state index is 4.34. The number of aromatic nitrogens is 4. The van der Waals surface area contributed by atoms with Crippen LogP contribution >= 0.6 is 0 Å². The molecule has 2 aliphatic rings. The van der Waals surface area contributed by atoms with Gasteiger partial charge in [-0.3, -0.25) is 4.90 Å². The molecule has 2 aromatic rings. The number of hydrogen-bond donors (Lipinski definition) is 1. The summed E-state index contributed by atoms with van der Waals surface area (Å²) in [4.78, 5) is 15.3. The number of likely N-dealkylation sites (tertiary alicyclic amines) is 1. The van der Waals surface area contributed by atoms with E-state index in [9.17, 15) is 0 Å². The van der Waals surface area contributed by atoms with Crippen LogP contribution in [-0.2, 0) is 6.54 Å². The number of anilines is 1. The molecule has 3 heterocycles. The predicted molar refractivity (Wildman–Crippen MR) is 89.2 cm³/mol. The van der Waals surface area contributed by atoms with E-state index in [1.54, 1.807) is 6.33 Å². The number of piperidine rings is 1. The highest BCUT2D eigenvalue weighted by molar-refractivity contribution is 5.35. The standard InChI is InChI=1S/C17H24N6/c1-13-8-17(20-11-19-13)21-14-4-6-22(7-5-14)10-16-9-18-12-23(16)15-2-3-15/h8-9,11-12,14-15H,2-7,10H2,1H3,(H,19,20,21). The van der Waals surface area contributed by atoms with Crippen molar-refractivity contribution in [2.45, 2.75) is 51.2 Å². The highest BCUT2D eigenvalue weighted by Crippen LogP contribution is 2.36. The third-order valence-electron chi connectivity index (χ3n) is 4.82. The van der Waals surface area contributed by atoms with E-state index in [2.05, 4.69) is 29.7 Å². The van der Waals surface area contributed by atoms with Crippen LogP contribution in [0.5, 0.6) is 0 Å². The van der Waals surface area contributed by atoms with Crippen molar-refractivity contribution < 1.29 is 0 Å². The largest absolute Gasteiger partial charge is 0.367 e. The van der Waals surface area contributed by atoms with Gasteiger partial charge in [-0.05, 0) is 32.6 Å². The topological polar surface area (TPSA) is 58.9 Å². The minimum atomic E-state index is 0.508. The van der Waals surface area contributed by atoms with Crippen LogP contribution in [0.3, 0.4) is 0 Å². The van der Waals surface area contributed by atoms with Crippen molar-refractivity contribution >= 4 is 5.82 Å². The second-order valence-corrected chi connectivity index (χ2v) is 6.76. The van der Waals surface area contributed by atoms with Gasteiger partial charge in [0, 0.05) is 49.7 Å². The molecule has 6 nitrogen and oxygen atoms in total. The minimum absolute atomic E-state index is 0.508. The highest BCUT2D eigenvalue weighted by Gasteiger charge is 2.26. The highest BCUT2D eigenvalue weighted by atomic mass is 15.2. The van der Waals surface area contributed by atoms with Crippen molar-refractivity contribution in [3.8, 4) is 0 Å². The normalized spacial score (nSPS) is 19.9. The monoisotopic (exact) mass is 312 g/mol. The molecule has 0 amide bonds. The fraction of sp³-hybridized carbons (Fsp3) is 0.588. The summed E-state index contributed by atoms with van der Waals surface area (Å²) in [5.41, 5.74) is 2.37. The van der Waals surface area contributed by atoms with E-state index < -0.39 is 0 Å². The molecule has 2 aromatic heterocycles. The minimum Gasteiger partial charge on any atom is -0.367 e. The van der Waals surface area contributed by atoms with E-state index in [1.807, 2.05) is 25.5 Å². The number of imidazole rings is 1. The average Bonchev–Trinajstić information content (AvgIpc) is 3.29. The molecule has 0 bridgehead atoms. The van der Waals surface area contributed by atoms with E-state index in [-0.39, 0.29) is 0 Å². The molecule has 1 aliphatic heterocycles. The van der Waals surface area contributed by atoms with Crippen molar-refractivity contribution in [2.24, 2.45) is 0 Å². The first-order valence-corrected chi connectivity index (χ1v) is 8.56. The summed E-state index contributed by atoms with van der Waals surface area (Å²) in [7, 11) is 0. The van der Waals surface area contributed by atoms with Crippen molar-refractivity contribution in [2.75, 3.05) is 18.4 Å². The van der Waals surface area contributed by atoms with Crippen LogP contribution in [-0.4, -0.2) is 43.6 Å². The molecule has 0 spiro atoms. The van der Waals surface area contributed by atoms with Crippen molar-refractivity contribution in [3.63, 3.8) is 0 Å². The maximum Gasteiger partial charge on any atom is 0.129 e. The van der Waals surface area contributed by atoms with Gasteiger partial charge in [-0.25, -0.2) is 15.0 Å². The third kappa shape index (κ3) is 3.52. The second-order valence-electron chi connectivity index (χ2n) is 6.76. The first-order chi connectivity index (χ1) is 11.3. The number of aryl methyl sites for hydroxylation is 1. The van der Waals surface area contributed by atoms with Crippen LogP contribution in [0, 0.1) is 6.92 Å². The van der Waals surface area contributed by atoms with E-state index >= 15 is 0 Å². The molecule has 1 saturated heterocycles. The molecule has 0 unspecified atom stereocenters. The molecular formula is C17H24N6. The summed E-state index contributed by atoms with van der Waals surface area (Å²) in [5.74, 6) is 0.947. The molecule has 1 N–H and O–H groups in total. The van der Waals surface area contributed by atoms with Crippen LogP contribution < -0.4 is 5.32 Å². The smallest absolute Gasteiger partial charge is 0.129 e. The van der Waals surface area contributed by atoms with Crippen LogP contribution in [0.1, 0.15) is 43.1 Å². The maximum atomic E-state index is 4.34. The Morgan fingerprint density at radius 3 is 2.74 bits per heavy atom. The summed E-state index contributed by atoms with van der Waals surface area (Å²) >= 11 is 0. The Labute approximate surface area is 137 Å². The van der Waals surface area contributed by atoms with Gasteiger partial charge in [0.25, 0.3) is 0 Å². The summed E-state index contributed by atoms with van der Waals surface area (Å²) in [6, 6.07) is 3.24. The lowest BCUT2D eigenvalue weighted by Gasteiger charge is -2.32. The van der Waals surface area contributed by atoms with Gasteiger partial charge in [0.2, 0.25) is 0 Å². The fourth-order valence-electron chi connectivity index (χ4n) is 3.34. The summed E-state index contributed by atoms with van der Waals surface area (Å²) in [6.45, 7) is 5.27. The number of nitrogens with zero attached hydrogens (tertiary/aromatic N) is 5. The van der Waals surface area contributed by atoms with Gasteiger partial charge < -0.3 is 9.88 Å². The first-order valence-electron chi connectivity index (χ1n) is 8.56. The number of nitrogens with one attached hydrogen (secondary N) is 1. The molecule has 6 heteroatoms. The van der Waals surface area contributed by atoms with Gasteiger partial charge in [0.1, 0.15) is 12.1 Å². The molecule has 23 heavy (non-hydrogen) atoms. The fourth-order valence-corrected chi connectivity index (χ4v) is 3.34. The Balaban J connectivity index is 1.29. The Morgan fingerprint density at radius 2 is 2.00 bits per heavy atom. The van der Waals surface area contributed by atoms with Gasteiger partial charge in [-0.15, -0.1) is 0 Å². The van der Waals surface area contributed by atoms with Gasteiger partial charge >= 0.3 is 0 Å². The Hall–Kier alpha value is -1.95. The van der Waals surface area contributed by atoms with Crippen molar-refractivity contribution in [3.05, 3.63) is 36.3 Å². The molecule has 0 atom stereocenters. The molecule has 0 aromatic carbocycles. The van der Waals surface area contributed by atoms with E-state index in [0.717, 1.165) is 44.0 Å². The molecule has 2 fully saturated rings. The van der Waals surface area contributed by atoms with E-state index in [0.29, 0.717) is 12.1 Å². The van der Waals surface area contributed by atoms with Gasteiger partial charge in [-0.2, -0.15) is 0 Å². The number of rotatable bonds is 5. The van der Waals surface area contributed by atoms with Crippen LogP contribution in [0.15, 0.2) is 24.9 Å². The molecule has 122 valence electrons. The molecule has 1 aliphatic carbocycles. The predicted octanol–water partition coefficient (Wildman–Crippen LogP) is 2.39. The van der Waals surface area contributed by atoms with Crippen LogP contribution in [0.2, 0.25) is 0 Å². The van der Waals surface area contributed by atoms with Gasteiger partial charge in [0.15, 0.2) is 0 Å². The first kappa shape index (κ1) is 14.6. The lowest BCUT2D eigenvalue weighted by atomic mass is 10.0. The molecule has 4 rings (SSSR count). The van der Waals surface area contributed by atoms with E-state index in [4.69, 9.17) is 0 Å².